The summed E-state index contributed by atoms with van der Waals surface area (Å²) >= 11 is 12.1. The van der Waals surface area contributed by atoms with Gasteiger partial charge in [-0.15, -0.1) is 0 Å². The van der Waals surface area contributed by atoms with Gasteiger partial charge in [0.1, 0.15) is 11.4 Å². The number of nitrogens with two attached hydrogens (primary N) is 1. The van der Waals surface area contributed by atoms with Gasteiger partial charge in [-0.05, 0) is 42.3 Å². The molecule has 0 fully saturated rings. The fourth-order valence-corrected chi connectivity index (χ4v) is 4.01. The number of rotatable bonds is 6. The van der Waals surface area contributed by atoms with E-state index in [2.05, 4.69) is 20.7 Å². The van der Waals surface area contributed by atoms with E-state index in [0.717, 1.165) is 0 Å². The Morgan fingerprint density at radius 1 is 1.00 bits per heavy atom. The molecule has 0 aliphatic rings. The predicted molar refractivity (Wildman–Crippen MR) is 142 cm³/mol. The van der Waals surface area contributed by atoms with E-state index in [0.29, 0.717) is 22.4 Å². The third-order valence-electron chi connectivity index (χ3n) is 5.37. The van der Waals surface area contributed by atoms with Crippen molar-refractivity contribution in [2.45, 2.75) is 13.5 Å². The standard InChI is InChI=1S/C25H20Cl2N6O4/c1-2-33-24(36)20(30-25(37)31-22-17(26)11-29-12-18(22)27)10-19(32-33)15-5-3-4-13(8-15)14-6-7-21(34)16(9-14)23(28)35/h3-12,34H,2H2,1H3,(H2,28,35)(H2,29,30,31,37). The molecule has 3 amide bonds. The molecule has 0 radical (unpaired) electrons. The van der Waals surface area contributed by atoms with Gasteiger partial charge in [0.05, 0.1) is 27.0 Å². The SMILES string of the molecule is CCn1nc(-c2cccc(-c3ccc(O)c(C(N)=O)c3)c2)cc(NC(=O)Nc2c(Cl)cncc2Cl)c1=O. The minimum Gasteiger partial charge on any atom is -0.507 e. The van der Waals surface area contributed by atoms with Gasteiger partial charge in [0.2, 0.25) is 0 Å². The van der Waals surface area contributed by atoms with Crippen LogP contribution in [-0.2, 0) is 6.54 Å². The Kier molecular flexibility index (Phi) is 7.42. The van der Waals surface area contributed by atoms with E-state index in [-0.39, 0.29) is 39.3 Å². The van der Waals surface area contributed by atoms with Crippen molar-refractivity contribution < 1.29 is 14.7 Å². The zero-order chi connectivity index (χ0) is 26.7. The number of halogens is 2. The average molecular weight is 539 g/mol. The molecule has 0 atom stereocenters. The molecule has 0 unspecified atom stereocenters. The van der Waals surface area contributed by atoms with E-state index in [9.17, 15) is 19.5 Å². The number of amides is 3. The fourth-order valence-electron chi connectivity index (χ4n) is 3.56. The molecule has 12 heteroatoms. The summed E-state index contributed by atoms with van der Waals surface area (Å²) in [5, 5.41) is 19.6. The molecular weight excluding hydrogens is 519 g/mol. The predicted octanol–water partition coefficient (Wildman–Crippen LogP) is 4.75. The molecule has 10 nitrogen and oxygen atoms in total. The Hall–Kier alpha value is -4.41. The van der Waals surface area contributed by atoms with Gasteiger partial charge in [0.25, 0.3) is 11.5 Å². The minimum absolute atomic E-state index is 0.00698. The van der Waals surface area contributed by atoms with Crippen LogP contribution >= 0.6 is 23.2 Å². The Morgan fingerprint density at radius 2 is 1.68 bits per heavy atom. The van der Waals surface area contributed by atoms with Gasteiger partial charge in [-0.3, -0.25) is 14.6 Å². The van der Waals surface area contributed by atoms with Crippen molar-refractivity contribution in [1.82, 2.24) is 14.8 Å². The molecule has 188 valence electrons. The zero-order valence-corrected chi connectivity index (χ0v) is 20.8. The van der Waals surface area contributed by atoms with Crippen LogP contribution in [0.3, 0.4) is 0 Å². The molecular formula is C25H20Cl2N6O4. The van der Waals surface area contributed by atoms with Crippen LogP contribution in [0.15, 0.2) is 65.7 Å². The van der Waals surface area contributed by atoms with Crippen molar-refractivity contribution in [3.05, 3.63) is 86.9 Å². The summed E-state index contributed by atoms with van der Waals surface area (Å²) in [4.78, 5) is 41.0. The number of pyridine rings is 1. The summed E-state index contributed by atoms with van der Waals surface area (Å²) in [7, 11) is 0. The molecule has 4 rings (SSSR count). The van der Waals surface area contributed by atoms with Gasteiger partial charge < -0.3 is 21.5 Å². The summed E-state index contributed by atoms with van der Waals surface area (Å²) in [5.41, 5.74) is 7.37. The lowest BCUT2D eigenvalue weighted by Crippen LogP contribution is -2.29. The number of hydrogen-bond acceptors (Lipinski definition) is 6. The molecule has 0 spiro atoms. The van der Waals surface area contributed by atoms with E-state index < -0.39 is 17.5 Å². The largest absolute Gasteiger partial charge is 0.507 e. The van der Waals surface area contributed by atoms with Crippen molar-refractivity contribution in [3.63, 3.8) is 0 Å². The highest BCUT2D eigenvalue weighted by Crippen LogP contribution is 2.30. The van der Waals surface area contributed by atoms with E-state index in [1.165, 1.54) is 35.3 Å². The molecule has 0 bridgehead atoms. The lowest BCUT2D eigenvalue weighted by Gasteiger charge is -2.13. The maximum Gasteiger partial charge on any atom is 0.323 e. The van der Waals surface area contributed by atoms with Crippen molar-refractivity contribution >= 4 is 46.5 Å². The number of benzene rings is 2. The lowest BCUT2D eigenvalue weighted by molar-refractivity contribution is 0.0997. The first-order chi connectivity index (χ1) is 17.7. The van der Waals surface area contributed by atoms with E-state index in [1.54, 1.807) is 31.2 Å². The quantitative estimate of drug-likeness (QED) is 0.278. The second-order valence-corrected chi connectivity index (χ2v) is 8.61. The highest BCUT2D eigenvalue weighted by molar-refractivity contribution is 6.39. The summed E-state index contributed by atoms with van der Waals surface area (Å²) in [6, 6.07) is 12.4. The topological polar surface area (TPSA) is 152 Å². The van der Waals surface area contributed by atoms with Crippen LogP contribution in [0.25, 0.3) is 22.4 Å². The number of hydrogen-bond donors (Lipinski definition) is 4. The summed E-state index contributed by atoms with van der Waals surface area (Å²) in [6.45, 7) is 2.00. The molecule has 0 aliphatic carbocycles. The normalized spacial score (nSPS) is 10.7. The zero-order valence-electron chi connectivity index (χ0n) is 19.3. The van der Waals surface area contributed by atoms with Crippen LogP contribution in [-0.4, -0.2) is 31.8 Å². The molecule has 37 heavy (non-hydrogen) atoms. The smallest absolute Gasteiger partial charge is 0.323 e. The monoisotopic (exact) mass is 538 g/mol. The Labute approximate surface area is 220 Å². The second-order valence-electron chi connectivity index (χ2n) is 7.80. The number of phenols is 1. The number of aromatic nitrogens is 3. The molecule has 5 N–H and O–H groups in total. The number of nitrogens with one attached hydrogen (secondary N) is 2. The van der Waals surface area contributed by atoms with Gasteiger partial charge >= 0.3 is 6.03 Å². The van der Waals surface area contributed by atoms with E-state index in [1.807, 2.05) is 6.07 Å². The number of urea groups is 1. The number of nitrogens with zero attached hydrogens (tertiary/aromatic N) is 3. The lowest BCUT2D eigenvalue weighted by atomic mass is 9.99. The van der Waals surface area contributed by atoms with E-state index >= 15 is 0 Å². The Bertz CT molecular complexity index is 1570. The molecule has 0 saturated heterocycles. The fraction of sp³-hybridized carbons (Fsp3) is 0.0800. The van der Waals surface area contributed by atoms with Gasteiger partial charge in [0.15, 0.2) is 0 Å². The second kappa shape index (κ2) is 10.7. The van der Waals surface area contributed by atoms with Gasteiger partial charge in [-0.1, -0.05) is 47.5 Å². The first kappa shape index (κ1) is 25.7. The highest BCUT2D eigenvalue weighted by Gasteiger charge is 2.16. The third kappa shape index (κ3) is 5.55. The van der Waals surface area contributed by atoms with Crippen molar-refractivity contribution in [2.75, 3.05) is 10.6 Å². The Morgan fingerprint density at radius 3 is 2.35 bits per heavy atom. The average Bonchev–Trinajstić information content (AvgIpc) is 2.87. The molecule has 2 heterocycles. The first-order valence-electron chi connectivity index (χ1n) is 10.9. The van der Waals surface area contributed by atoms with Crippen LogP contribution in [0, 0.1) is 0 Å². The molecule has 0 saturated carbocycles. The van der Waals surface area contributed by atoms with Gasteiger partial charge in [-0.2, -0.15) is 5.10 Å². The van der Waals surface area contributed by atoms with Crippen LogP contribution < -0.4 is 21.9 Å². The maximum atomic E-state index is 12.9. The van der Waals surface area contributed by atoms with E-state index in [4.69, 9.17) is 28.9 Å². The summed E-state index contributed by atoms with van der Waals surface area (Å²) in [6.07, 6.45) is 2.65. The summed E-state index contributed by atoms with van der Waals surface area (Å²) < 4.78 is 1.22. The number of carbonyl (C=O) groups excluding carboxylic acids is 2. The third-order valence-corrected chi connectivity index (χ3v) is 5.94. The molecule has 0 aliphatic heterocycles. The molecule has 2 aromatic heterocycles. The number of aryl methyl sites for hydroxylation is 1. The molecule has 2 aromatic carbocycles. The first-order valence-corrected chi connectivity index (χ1v) is 11.7. The maximum absolute atomic E-state index is 12.9. The van der Waals surface area contributed by atoms with Gasteiger partial charge in [-0.25, -0.2) is 9.48 Å². The Balaban J connectivity index is 1.69. The van der Waals surface area contributed by atoms with Crippen LogP contribution in [0.2, 0.25) is 10.0 Å². The number of primary amides is 1. The van der Waals surface area contributed by atoms with Crippen molar-refractivity contribution in [3.8, 4) is 28.1 Å². The van der Waals surface area contributed by atoms with Gasteiger partial charge in [0, 0.05) is 24.5 Å². The number of carbonyl (C=O) groups is 2. The van der Waals surface area contributed by atoms with Crippen LogP contribution in [0.1, 0.15) is 17.3 Å². The van der Waals surface area contributed by atoms with Crippen LogP contribution in [0.5, 0.6) is 5.75 Å². The molecule has 4 aromatic rings. The van der Waals surface area contributed by atoms with Crippen molar-refractivity contribution in [1.29, 1.82) is 0 Å². The van der Waals surface area contributed by atoms with Crippen LogP contribution in [0.4, 0.5) is 16.2 Å². The minimum atomic E-state index is -0.754. The number of aromatic hydroxyl groups is 1. The summed E-state index contributed by atoms with van der Waals surface area (Å²) in [5.74, 6) is -0.969. The highest BCUT2D eigenvalue weighted by atomic mass is 35.5. The number of anilines is 2. The van der Waals surface area contributed by atoms with Crippen molar-refractivity contribution in [2.24, 2.45) is 5.73 Å².